The minimum Gasteiger partial charge on any atom is -0.258 e. The normalized spacial score (nSPS) is 12.4. The van der Waals surface area contributed by atoms with Gasteiger partial charge in [0.2, 0.25) is 0 Å². The molecule has 0 amide bonds. The van der Waals surface area contributed by atoms with E-state index in [1.54, 1.807) is 12.1 Å². The van der Waals surface area contributed by atoms with E-state index >= 15 is 0 Å². The summed E-state index contributed by atoms with van der Waals surface area (Å²) in [5.74, 6) is 0.758. The maximum absolute atomic E-state index is 10.8. The van der Waals surface area contributed by atoms with Crippen LogP contribution in [0.1, 0.15) is 57.8 Å². The summed E-state index contributed by atoms with van der Waals surface area (Å²) in [5, 5.41) is 10.8. The molecule has 0 aliphatic rings. The highest BCUT2D eigenvalue weighted by Crippen LogP contribution is 2.19. The highest BCUT2D eigenvalue weighted by molar-refractivity contribution is 5.36. The van der Waals surface area contributed by atoms with Gasteiger partial charge in [-0.15, -0.1) is 0 Å². The van der Waals surface area contributed by atoms with Crippen molar-refractivity contribution in [3.63, 3.8) is 0 Å². The molecule has 1 rings (SSSR count). The summed E-state index contributed by atoms with van der Waals surface area (Å²) in [6.45, 7) is 6.40. The Bertz CT molecular complexity index is 419. The number of hydrogen-bond donors (Lipinski definition) is 0. The van der Waals surface area contributed by atoms with Crippen LogP contribution in [0.5, 0.6) is 0 Å². The predicted molar refractivity (Wildman–Crippen MR) is 77.3 cm³/mol. The second kappa shape index (κ2) is 7.87. The summed E-state index contributed by atoms with van der Waals surface area (Å²) >= 11 is 0. The number of aromatic nitrogens is 1. The van der Waals surface area contributed by atoms with E-state index in [1.165, 1.54) is 19.3 Å². The average molecular weight is 264 g/mol. The lowest BCUT2D eigenvalue weighted by Crippen LogP contribution is -2.02. The van der Waals surface area contributed by atoms with Gasteiger partial charge in [0.25, 0.3) is 5.69 Å². The van der Waals surface area contributed by atoms with Crippen LogP contribution in [0, 0.1) is 16.0 Å². The van der Waals surface area contributed by atoms with Gasteiger partial charge in [0.1, 0.15) is 5.69 Å². The van der Waals surface area contributed by atoms with E-state index in [0.717, 1.165) is 24.5 Å². The maximum Gasteiger partial charge on any atom is 0.290 e. The first kappa shape index (κ1) is 15.6. The molecule has 0 aliphatic heterocycles. The van der Waals surface area contributed by atoms with Crippen molar-refractivity contribution >= 4 is 5.69 Å². The third-order valence-electron chi connectivity index (χ3n) is 3.45. The van der Waals surface area contributed by atoms with Gasteiger partial charge in [-0.05, 0) is 31.2 Å². The fourth-order valence-corrected chi connectivity index (χ4v) is 2.37. The molecule has 106 valence electrons. The molecule has 0 aromatic carbocycles. The monoisotopic (exact) mass is 264 g/mol. The zero-order valence-electron chi connectivity index (χ0n) is 12.2. The summed E-state index contributed by atoms with van der Waals surface area (Å²) < 4.78 is 0. The van der Waals surface area contributed by atoms with Crippen LogP contribution in [0.2, 0.25) is 0 Å². The summed E-state index contributed by atoms with van der Waals surface area (Å²) in [5.41, 5.74) is 1.72. The van der Waals surface area contributed by atoms with Crippen LogP contribution in [0.3, 0.4) is 0 Å². The molecule has 0 aliphatic carbocycles. The molecule has 0 bridgehead atoms. The van der Waals surface area contributed by atoms with Crippen molar-refractivity contribution in [2.45, 2.75) is 59.3 Å². The number of nitrogens with zero attached hydrogens (tertiary/aromatic N) is 2. The van der Waals surface area contributed by atoms with Gasteiger partial charge in [-0.1, -0.05) is 40.0 Å². The Morgan fingerprint density at radius 2 is 2.05 bits per heavy atom. The van der Waals surface area contributed by atoms with Crippen LogP contribution in [0.25, 0.3) is 0 Å². The van der Waals surface area contributed by atoms with Crippen molar-refractivity contribution in [1.29, 1.82) is 0 Å². The first-order valence-corrected chi connectivity index (χ1v) is 7.21. The molecule has 4 heteroatoms. The minimum absolute atomic E-state index is 0.144. The molecule has 1 heterocycles. The lowest BCUT2D eigenvalue weighted by molar-refractivity contribution is -0.385. The van der Waals surface area contributed by atoms with Crippen molar-refractivity contribution < 1.29 is 4.92 Å². The fourth-order valence-electron chi connectivity index (χ4n) is 2.37. The Balaban J connectivity index is 2.58. The second-order valence-electron chi connectivity index (χ2n) is 5.17. The van der Waals surface area contributed by atoms with Crippen molar-refractivity contribution in [2.75, 3.05) is 0 Å². The predicted octanol–water partition coefficient (Wildman–Crippen LogP) is 4.31. The number of rotatable bonds is 8. The van der Waals surface area contributed by atoms with Gasteiger partial charge in [0, 0.05) is 11.8 Å². The largest absolute Gasteiger partial charge is 0.290 e. The molecule has 19 heavy (non-hydrogen) atoms. The summed E-state index contributed by atoms with van der Waals surface area (Å²) in [7, 11) is 0. The van der Waals surface area contributed by atoms with E-state index in [1.807, 2.05) is 6.92 Å². The lowest BCUT2D eigenvalue weighted by atomic mass is 9.98. The molecule has 1 atom stereocenters. The summed E-state index contributed by atoms with van der Waals surface area (Å²) in [4.78, 5) is 14.9. The Morgan fingerprint density at radius 3 is 2.63 bits per heavy atom. The van der Waals surface area contributed by atoms with Crippen molar-refractivity contribution in [1.82, 2.24) is 4.98 Å². The van der Waals surface area contributed by atoms with Crippen molar-refractivity contribution in [2.24, 2.45) is 5.92 Å². The molecular formula is C15H24N2O2. The SMILES string of the molecule is CCCC(C)CCCc1ccc([N+](=O)[O-])c(CC)n1. The van der Waals surface area contributed by atoms with Crippen LogP contribution in [0.4, 0.5) is 5.69 Å². The van der Waals surface area contributed by atoms with E-state index in [9.17, 15) is 10.1 Å². The van der Waals surface area contributed by atoms with E-state index in [0.29, 0.717) is 12.1 Å². The van der Waals surface area contributed by atoms with Crippen molar-refractivity contribution in [3.8, 4) is 0 Å². The molecule has 0 spiro atoms. The maximum atomic E-state index is 10.8. The standard InChI is InChI=1S/C15H24N2O2/c1-4-7-12(3)8-6-9-13-10-11-15(17(18)19)14(5-2)16-13/h10-12H,4-9H2,1-3H3. The minimum atomic E-state index is -0.348. The third kappa shape index (κ3) is 4.97. The molecule has 0 saturated carbocycles. The molecule has 1 aromatic heterocycles. The van der Waals surface area contributed by atoms with Crippen LogP contribution in [0.15, 0.2) is 12.1 Å². The summed E-state index contributed by atoms with van der Waals surface area (Å²) in [6, 6.07) is 3.39. The molecule has 0 N–H and O–H groups in total. The quantitative estimate of drug-likeness (QED) is 0.519. The third-order valence-corrected chi connectivity index (χ3v) is 3.45. The molecular weight excluding hydrogens is 240 g/mol. The smallest absolute Gasteiger partial charge is 0.258 e. The zero-order valence-corrected chi connectivity index (χ0v) is 12.2. The topological polar surface area (TPSA) is 56.0 Å². The summed E-state index contributed by atoms with van der Waals surface area (Å²) in [6.07, 6.45) is 6.34. The molecule has 1 aromatic rings. The molecule has 0 fully saturated rings. The fraction of sp³-hybridized carbons (Fsp3) is 0.667. The number of nitro groups is 1. The Kier molecular flexibility index (Phi) is 6.46. The number of aryl methyl sites for hydroxylation is 2. The van der Waals surface area contributed by atoms with Crippen LogP contribution in [-0.4, -0.2) is 9.91 Å². The van der Waals surface area contributed by atoms with Gasteiger partial charge in [-0.2, -0.15) is 0 Å². The van der Waals surface area contributed by atoms with Crippen LogP contribution < -0.4 is 0 Å². The molecule has 0 saturated heterocycles. The molecule has 4 nitrogen and oxygen atoms in total. The number of pyridine rings is 1. The van der Waals surface area contributed by atoms with Crippen LogP contribution >= 0.6 is 0 Å². The van der Waals surface area contributed by atoms with Gasteiger partial charge < -0.3 is 0 Å². The lowest BCUT2D eigenvalue weighted by Gasteiger charge is -2.09. The van der Waals surface area contributed by atoms with Gasteiger partial charge in [0.05, 0.1) is 4.92 Å². The van der Waals surface area contributed by atoms with Gasteiger partial charge in [-0.3, -0.25) is 15.1 Å². The van der Waals surface area contributed by atoms with E-state index in [4.69, 9.17) is 0 Å². The Labute approximate surface area is 115 Å². The second-order valence-corrected chi connectivity index (χ2v) is 5.17. The molecule has 0 radical (unpaired) electrons. The van der Waals surface area contributed by atoms with E-state index < -0.39 is 0 Å². The highest BCUT2D eigenvalue weighted by atomic mass is 16.6. The van der Waals surface area contributed by atoms with Crippen molar-refractivity contribution in [3.05, 3.63) is 33.6 Å². The van der Waals surface area contributed by atoms with E-state index in [2.05, 4.69) is 18.8 Å². The Morgan fingerprint density at radius 1 is 1.32 bits per heavy atom. The first-order chi connectivity index (χ1) is 9.08. The highest BCUT2D eigenvalue weighted by Gasteiger charge is 2.14. The van der Waals surface area contributed by atoms with Gasteiger partial charge in [0.15, 0.2) is 0 Å². The van der Waals surface area contributed by atoms with E-state index in [-0.39, 0.29) is 10.6 Å². The number of hydrogen-bond acceptors (Lipinski definition) is 3. The average Bonchev–Trinajstić information content (AvgIpc) is 2.38. The molecule has 1 unspecified atom stereocenters. The Hall–Kier alpha value is -1.45. The zero-order chi connectivity index (χ0) is 14.3. The van der Waals surface area contributed by atoms with Gasteiger partial charge in [-0.25, -0.2) is 0 Å². The first-order valence-electron chi connectivity index (χ1n) is 7.21. The van der Waals surface area contributed by atoms with Gasteiger partial charge >= 0.3 is 0 Å². The van der Waals surface area contributed by atoms with Crippen LogP contribution in [-0.2, 0) is 12.8 Å².